The van der Waals surface area contributed by atoms with Gasteiger partial charge < -0.3 is 20.1 Å². The number of rotatable bonds is 2. The zero-order chi connectivity index (χ0) is 11.7. The maximum atomic E-state index is 10.0. The molecule has 0 saturated heterocycles. The molecule has 0 spiro atoms. The second-order valence-electron chi connectivity index (χ2n) is 3.42. The van der Waals surface area contributed by atoms with Crippen molar-refractivity contribution in [2.24, 2.45) is 0 Å². The number of nitrogen functional groups attached to an aromatic ring is 1. The molecule has 0 bridgehead atoms. The average molecular weight is 220 g/mol. The second kappa shape index (κ2) is 3.77. The molecule has 1 aromatic carbocycles. The van der Waals surface area contributed by atoms with E-state index in [9.17, 15) is 5.11 Å². The largest absolute Gasteiger partial charge is 0.504 e. The molecule has 0 radical (unpaired) electrons. The molecule has 0 unspecified atom stereocenters. The lowest BCUT2D eigenvalue weighted by atomic mass is 10.0. The summed E-state index contributed by atoms with van der Waals surface area (Å²) in [5, 5.41) is 13.6. The van der Waals surface area contributed by atoms with Crippen molar-refractivity contribution in [3.05, 3.63) is 23.9 Å². The second-order valence-corrected chi connectivity index (χ2v) is 3.42. The number of aryl methyl sites for hydroxylation is 1. The van der Waals surface area contributed by atoms with Crippen molar-refractivity contribution in [2.75, 3.05) is 12.8 Å². The Morgan fingerprint density at radius 2 is 2.12 bits per heavy atom. The lowest BCUT2D eigenvalue weighted by Gasteiger charge is -2.10. The Kier molecular flexibility index (Phi) is 2.44. The molecule has 16 heavy (non-hydrogen) atoms. The fourth-order valence-corrected chi connectivity index (χ4v) is 1.60. The highest BCUT2D eigenvalue weighted by atomic mass is 16.5. The van der Waals surface area contributed by atoms with Crippen molar-refractivity contribution in [1.82, 2.24) is 5.16 Å². The van der Waals surface area contributed by atoms with Crippen LogP contribution in [-0.2, 0) is 0 Å². The van der Waals surface area contributed by atoms with Gasteiger partial charge in [-0.05, 0) is 18.6 Å². The van der Waals surface area contributed by atoms with E-state index in [0.29, 0.717) is 16.9 Å². The highest BCUT2D eigenvalue weighted by Crippen LogP contribution is 2.40. The van der Waals surface area contributed by atoms with Gasteiger partial charge in [0.05, 0.1) is 18.9 Å². The summed E-state index contributed by atoms with van der Waals surface area (Å²) < 4.78 is 9.87. The summed E-state index contributed by atoms with van der Waals surface area (Å²) in [6, 6.07) is 3.58. The van der Waals surface area contributed by atoms with Gasteiger partial charge in [-0.2, -0.15) is 0 Å². The molecule has 0 aliphatic rings. The van der Waals surface area contributed by atoms with Gasteiger partial charge in [0.25, 0.3) is 0 Å². The number of benzene rings is 1. The first-order valence-electron chi connectivity index (χ1n) is 4.72. The molecule has 5 nitrogen and oxygen atoms in total. The quantitative estimate of drug-likeness (QED) is 0.808. The van der Waals surface area contributed by atoms with Crippen molar-refractivity contribution in [3.8, 4) is 22.6 Å². The number of hydrogen-bond acceptors (Lipinski definition) is 5. The number of phenols is 1. The van der Waals surface area contributed by atoms with Gasteiger partial charge in [-0.15, -0.1) is 0 Å². The first kappa shape index (κ1) is 10.4. The normalized spacial score (nSPS) is 10.4. The zero-order valence-electron chi connectivity index (χ0n) is 9.02. The Balaban J connectivity index is 2.63. The standard InChI is InChI=1S/C11H12N2O3/c1-6-3-4-7(9(14)10(6)15-2)8-5-13-16-11(8)12/h3-5,14H,12H2,1-2H3. The smallest absolute Gasteiger partial charge is 0.230 e. The van der Waals surface area contributed by atoms with E-state index in [4.69, 9.17) is 15.0 Å². The summed E-state index contributed by atoms with van der Waals surface area (Å²) >= 11 is 0. The van der Waals surface area contributed by atoms with Crippen LogP contribution < -0.4 is 10.5 Å². The Morgan fingerprint density at radius 1 is 1.38 bits per heavy atom. The molecular formula is C11H12N2O3. The van der Waals surface area contributed by atoms with Crippen LogP contribution in [0.4, 0.5) is 5.88 Å². The molecule has 5 heteroatoms. The molecule has 0 fully saturated rings. The number of nitrogens with zero attached hydrogens (tertiary/aromatic N) is 1. The maximum Gasteiger partial charge on any atom is 0.230 e. The van der Waals surface area contributed by atoms with E-state index >= 15 is 0 Å². The number of methoxy groups -OCH3 is 1. The van der Waals surface area contributed by atoms with Crippen LogP contribution in [0.1, 0.15) is 5.56 Å². The Labute approximate surface area is 92.4 Å². The first-order valence-corrected chi connectivity index (χ1v) is 4.72. The predicted octanol–water partition coefficient (Wildman–Crippen LogP) is 1.95. The molecule has 0 aliphatic heterocycles. The van der Waals surface area contributed by atoms with Gasteiger partial charge >= 0.3 is 0 Å². The Morgan fingerprint density at radius 3 is 2.69 bits per heavy atom. The van der Waals surface area contributed by atoms with Crippen LogP contribution >= 0.6 is 0 Å². The van der Waals surface area contributed by atoms with Crippen molar-refractivity contribution in [2.45, 2.75) is 6.92 Å². The molecule has 3 N–H and O–H groups in total. The molecule has 1 aromatic heterocycles. The molecule has 2 aromatic rings. The monoisotopic (exact) mass is 220 g/mol. The third-order valence-electron chi connectivity index (χ3n) is 2.42. The van der Waals surface area contributed by atoms with Gasteiger partial charge in [0.1, 0.15) is 0 Å². The fraction of sp³-hybridized carbons (Fsp3) is 0.182. The summed E-state index contributed by atoms with van der Waals surface area (Å²) in [6.07, 6.45) is 1.46. The molecule has 0 saturated carbocycles. The first-order chi connectivity index (χ1) is 7.65. The lowest BCUT2D eigenvalue weighted by Crippen LogP contribution is -1.91. The minimum absolute atomic E-state index is 0.0393. The highest BCUT2D eigenvalue weighted by molar-refractivity contribution is 5.79. The summed E-state index contributed by atoms with van der Waals surface area (Å²) in [5.74, 6) is 0.636. The number of aromatic hydroxyl groups is 1. The molecule has 0 aliphatic carbocycles. The van der Waals surface area contributed by atoms with E-state index in [-0.39, 0.29) is 11.6 Å². The minimum atomic E-state index is 0.0393. The van der Waals surface area contributed by atoms with Crippen LogP contribution in [0.2, 0.25) is 0 Å². The molecule has 0 atom stereocenters. The number of phenolic OH excluding ortho intramolecular Hbond substituents is 1. The van der Waals surface area contributed by atoms with E-state index in [1.807, 2.05) is 13.0 Å². The van der Waals surface area contributed by atoms with Gasteiger partial charge in [0.15, 0.2) is 11.5 Å². The Bertz CT molecular complexity index is 520. The third kappa shape index (κ3) is 1.46. The molecule has 0 amide bonds. The van der Waals surface area contributed by atoms with E-state index in [2.05, 4.69) is 5.16 Å². The van der Waals surface area contributed by atoms with E-state index in [1.165, 1.54) is 13.3 Å². The van der Waals surface area contributed by atoms with E-state index in [1.54, 1.807) is 6.07 Å². The summed E-state index contributed by atoms with van der Waals surface area (Å²) in [7, 11) is 1.50. The van der Waals surface area contributed by atoms with Crippen LogP contribution in [0.3, 0.4) is 0 Å². The summed E-state index contributed by atoms with van der Waals surface area (Å²) in [5.41, 5.74) is 7.53. The van der Waals surface area contributed by atoms with Crippen molar-refractivity contribution in [1.29, 1.82) is 0 Å². The van der Waals surface area contributed by atoms with Crippen molar-refractivity contribution >= 4 is 5.88 Å². The van der Waals surface area contributed by atoms with Crippen molar-refractivity contribution < 1.29 is 14.4 Å². The molecule has 84 valence electrons. The minimum Gasteiger partial charge on any atom is -0.504 e. The number of anilines is 1. The van der Waals surface area contributed by atoms with Crippen molar-refractivity contribution in [3.63, 3.8) is 0 Å². The molecular weight excluding hydrogens is 208 g/mol. The fourth-order valence-electron chi connectivity index (χ4n) is 1.60. The van der Waals surface area contributed by atoms with Gasteiger partial charge in [0.2, 0.25) is 5.88 Å². The van der Waals surface area contributed by atoms with Gasteiger partial charge in [-0.25, -0.2) is 0 Å². The number of ether oxygens (including phenoxy) is 1. The predicted molar refractivity (Wildman–Crippen MR) is 59.3 cm³/mol. The van der Waals surface area contributed by atoms with Gasteiger partial charge in [0, 0.05) is 5.56 Å². The average Bonchev–Trinajstić information content (AvgIpc) is 2.66. The third-order valence-corrected chi connectivity index (χ3v) is 2.42. The number of nitrogens with two attached hydrogens (primary N) is 1. The lowest BCUT2D eigenvalue weighted by molar-refractivity contribution is 0.372. The summed E-state index contributed by atoms with van der Waals surface area (Å²) in [4.78, 5) is 0. The molecule has 2 rings (SSSR count). The number of aromatic nitrogens is 1. The highest BCUT2D eigenvalue weighted by Gasteiger charge is 2.16. The molecule has 1 heterocycles. The SMILES string of the molecule is COc1c(C)ccc(-c2cnoc2N)c1O. The van der Waals surface area contributed by atoms with Crippen LogP contribution in [0, 0.1) is 6.92 Å². The summed E-state index contributed by atoms with van der Waals surface area (Å²) in [6.45, 7) is 1.85. The number of hydrogen-bond donors (Lipinski definition) is 2. The van der Waals surface area contributed by atoms with E-state index < -0.39 is 0 Å². The van der Waals surface area contributed by atoms with Gasteiger partial charge in [-0.1, -0.05) is 11.2 Å². The maximum absolute atomic E-state index is 10.0. The van der Waals surface area contributed by atoms with Crippen LogP contribution in [0.25, 0.3) is 11.1 Å². The zero-order valence-corrected chi connectivity index (χ0v) is 9.02. The van der Waals surface area contributed by atoms with Gasteiger partial charge in [-0.3, -0.25) is 0 Å². The van der Waals surface area contributed by atoms with Crippen LogP contribution in [0.5, 0.6) is 11.5 Å². The Hall–Kier alpha value is -2.17. The van der Waals surface area contributed by atoms with Crippen LogP contribution in [0.15, 0.2) is 22.9 Å². The van der Waals surface area contributed by atoms with Crippen LogP contribution in [-0.4, -0.2) is 17.4 Å². The topological polar surface area (TPSA) is 81.5 Å². The van der Waals surface area contributed by atoms with E-state index in [0.717, 1.165) is 5.56 Å².